The maximum absolute atomic E-state index is 12.2. The first-order chi connectivity index (χ1) is 10.7. The second-order valence-corrected chi connectivity index (χ2v) is 6.10. The molecule has 4 nitrogen and oxygen atoms in total. The Balaban J connectivity index is 1.75. The third-order valence-corrected chi connectivity index (χ3v) is 4.06. The van der Waals surface area contributed by atoms with Crippen LogP contribution in [0.5, 0.6) is 5.75 Å². The minimum Gasteiger partial charge on any atom is -0.497 e. The number of hydrogen-bond donors (Lipinski definition) is 1. The van der Waals surface area contributed by atoms with Crippen LogP contribution >= 0.6 is 22.6 Å². The number of rotatable bonds is 4. The molecule has 0 radical (unpaired) electrons. The quantitative estimate of drug-likeness (QED) is 0.659. The number of carbonyl (C=O) groups excluding carboxylic acids is 1. The Morgan fingerprint density at radius 1 is 1.23 bits per heavy atom. The molecule has 22 heavy (non-hydrogen) atoms. The molecule has 0 saturated carbocycles. The molecule has 0 aliphatic rings. The van der Waals surface area contributed by atoms with Crippen molar-refractivity contribution < 1.29 is 13.9 Å². The maximum atomic E-state index is 12.2. The van der Waals surface area contributed by atoms with Crippen molar-refractivity contribution >= 4 is 45.2 Å². The van der Waals surface area contributed by atoms with Gasteiger partial charge in [-0.15, -0.1) is 0 Å². The summed E-state index contributed by atoms with van der Waals surface area (Å²) < 4.78 is 11.8. The Kier molecular flexibility index (Phi) is 4.33. The molecule has 5 heteroatoms. The molecule has 112 valence electrons. The fourth-order valence-corrected chi connectivity index (χ4v) is 2.60. The summed E-state index contributed by atoms with van der Waals surface area (Å²) in [4.78, 5) is 12.2. The van der Waals surface area contributed by atoms with Gasteiger partial charge in [-0.1, -0.05) is 0 Å². The Morgan fingerprint density at radius 2 is 2.00 bits per heavy atom. The average molecular weight is 407 g/mol. The van der Waals surface area contributed by atoms with Crippen molar-refractivity contribution in [2.45, 2.75) is 6.42 Å². The van der Waals surface area contributed by atoms with Gasteiger partial charge in [0, 0.05) is 26.3 Å². The summed E-state index contributed by atoms with van der Waals surface area (Å²) in [5.74, 6) is 0.663. The molecule has 0 saturated heterocycles. The molecule has 1 aromatic heterocycles. The van der Waals surface area contributed by atoms with Gasteiger partial charge in [-0.05, 0) is 59.0 Å². The van der Waals surface area contributed by atoms with Gasteiger partial charge < -0.3 is 14.5 Å². The molecule has 2 aromatic carbocycles. The van der Waals surface area contributed by atoms with Gasteiger partial charge in [-0.2, -0.15) is 0 Å². The number of anilines is 1. The fourth-order valence-electron chi connectivity index (χ4n) is 2.24. The van der Waals surface area contributed by atoms with E-state index in [1.54, 1.807) is 13.4 Å². The van der Waals surface area contributed by atoms with E-state index in [9.17, 15) is 4.79 Å². The predicted molar refractivity (Wildman–Crippen MR) is 94.3 cm³/mol. The first kappa shape index (κ1) is 14.9. The van der Waals surface area contributed by atoms with Gasteiger partial charge >= 0.3 is 0 Å². The standard InChI is InChI=1S/C17H14INO3/c1-21-14-6-7-15-11(10-22-16(15)9-14)8-17(20)19-13-4-2-12(18)3-5-13/h2-7,9-10H,8H2,1H3,(H,19,20). The number of amides is 1. The largest absolute Gasteiger partial charge is 0.497 e. The number of benzene rings is 2. The van der Waals surface area contributed by atoms with E-state index in [-0.39, 0.29) is 12.3 Å². The lowest BCUT2D eigenvalue weighted by Gasteiger charge is -2.04. The molecule has 3 aromatic rings. The van der Waals surface area contributed by atoms with Crippen LogP contribution in [0.2, 0.25) is 0 Å². The lowest BCUT2D eigenvalue weighted by atomic mass is 10.1. The van der Waals surface area contributed by atoms with Crippen LogP contribution in [0, 0.1) is 3.57 Å². The molecule has 0 bridgehead atoms. The average Bonchev–Trinajstić information content (AvgIpc) is 2.91. The minimum atomic E-state index is -0.0697. The van der Waals surface area contributed by atoms with Gasteiger partial charge in [-0.3, -0.25) is 4.79 Å². The topological polar surface area (TPSA) is 51.5 Å². The summed E-state index contributed by atoms with van der Waals surface area (Å²) in [6.45, 7) is 0. The number of hydrogen-bond acceptors (Lipinski definition) is 3. The Hall–Kier alpha value is -2.02. The van der Waals surface area contributed by atoms with E-state index in [2.05, 4.69) is 27.9 Å². The number of fused-ring (bicyclic) bond motifs is 1. The van der Waals surface area contributed by atoms with Crippen molar-refractivity contribution in [2.24, 2.45) is 0 Å². The summed E-state index contributed by atoms with van der Waals surface area (Å²) in [5, 5.41) is 3.82. The monoisotopic (exact) mass is 407 g/mol. The van der Waals surface area contributed by atoms with E-state index in [0.717, 1.165) is 31.5 Å². The van der Waals surface area contributed by atoms with Gasteiger partial charge in [0.1, 0.15) is 11.3 Å². The number of halogens is 1. The highest BCUT2D eigenvalue weighted by Crippen LogP contribution is 2.26. The zero-order valence-corrected chi connectivity index (χ0v) is 14.1. The molecule has 0 aliphatic heterocycles. The molecule has 1 N–H and O–H groups in total. The van der Waals surface area contributed by atoms with Crippen LogP contribution in [0.25, 0.3) is 11.0 Å². The Bertz CT molecular complexity index is 808. The first-order valence-electron chi connectivity index (χ1n) is 6.75. The number of ether oxygens (including phenoxy) is 1. The van der Waals surface area contributed by atoms with Crippen molar-refractivity contribution in [1.82, 2.24) is 0 Å². The molecule has 1 amide bonds. The highest BCUT2D eigenvalue weighted by Gasteiger charge is 2.11. The Morgan fingerprint density at radius 3 is 2.73 bits per heavy atom. The second kappa shape index (κ2) is 6.39. The lowest BCUT2D eigenvalue weighted by molar-refractivity contribution is -0.115. The molecule has 0 unspecified atom stereocenters. The first-order valence-corrected chi connectivity index (χ1v) is 7.83. The molecular formula is C17H14INO3. The Labute approximate surface area is 141 Å². The van der Waals surface area contributed by atoms with Crippen molar-refractivity contribution in [3.05, 3.63) is 57.9 Å². The summed E-state index contributed by atoms with van der Waals surface area (Å²) in [7, 11) is 1.61. The van der Waals surface area contributed by atoms with Crippen LogP contribution in [0.15, 0.2) is 53.1 Å². The van der Waals surface area contributed by atoms with Crippen molar-refractivity contribution in [2.75, 3.05) is 12.4 Å². The van der Waals surface area contributed by atoms with Gasteiger partial charge in [0.2, 0.25) is 5.91 Å². The van der Waals surface area contributed by atoms with Crippen molar-refractivity contribution in [3.63, 3.8) is 0 Å². The van der Waals surface area contributed by atoms with E-state index in [1.165, 1.54) is 0 Å². The molecule has 3 rings (SSSR count). The summed E-state index contributed by atoms with van der Waals surface area (Å²) in [6, 6.07) is 13.3. The summed E-state index contributed by atoms with van der Waals surface area (Å²) in [6.07, 6.45) is 1.89. The highest BCUT2D eigenvalue weighted by molar-refractivity contribution is 14.1. The van der Waals surface area contributed by atoms with Crippen molar-refractivity contribution in [3.8, 4) is 5.75 Å². The summed E-state index contributed by atoms with van der Waals surface area (Å²) in [5.41, 5.74) is 2.37. The van der Waals surface area contributed by atoms with Crippen LogP contribution in [-0.2, 0) is 11.2 Å². The summed E-state index contributed by atoms with van der Waals surface area (Å²) >= 11 is 2.23. The predicted octanol–water partition coefficient (Wildman–Crippen LogP) is 4.23. The van der Waals surface area contributed by atoms with E-state index < -0.39 is 0 Å². The molecular weight excluding hydrogens is 393 g/mol. The highest BCUT2D eigenvalue weighted by atomic mass is 127. The molecule has 0 atom stereocenters. The van der Waals surface area contributed by atoms with Crippen LogP contribution in [0.1, 0.15) is 5.56 Å². The minimum absolute atomic E-state index is 0.0697. The van der Waals surface area contributed by atoms with E-state index in [0.29, 0.717) is 0 Å². The van der Waals surface area contributed by atoms with E-state index >= 15 is 0 Å². The molecule has 1 heterocycles. The smallest absolute Gasteiger partial charge is 0.228 e. The fraction of sp³-hybridized carbons (Fsp3) is 0.118. The van der Waals surface area contributed by atoms with Crippen LogP contribution in [-0.4, -0.2) is 13.0 Å². The van der Waals surface area contributed by atoms with E-state index in [4.69, 9.17) is 9.15 Å². The van der Waals surface area contributed by atoms with Crippen LogP contribution in [0.4, 0.5) is 5.69 Å². The molecule has 0 aliphatic carbocycles. The van der Waals surface area contributed by atoms with Crippen LogP contribution < -0.4 is 10.1 Å². The SMILES string of the molecule is COc1ccc2c(CC(=O)Nc3ccc(I)cc3)coc2c1. The number of nitrogens with one attached hydrogen (secondary N) is 1. The lowest BCUT2D eigenvalue weighted by Crippen LogP contribution is -2.14. The van der Waals surface area contributed by atoms with E-state index in [1.807, 2.05) is 42.5 Å². The number of furan rings is 1. The van der Waals surface area contributed by atoms with Gasteiger partial charge in [-0.25, -0.2) is 0 Å². The second-order valence-electron chi connectivity index (χ2n) is 4.85. The van der Waals surface area contributed by atoms with Gasteiger partial charge in [0.25, 0.3) is 0 Å². The maximum Gasteiger partial charge on any atom is 0.228 e. The third kappa shape index (κ3) is 3.24. The van der Waals surface area contributed by atoms with Crippen LogP contribution in [0.3, 0.4) is 0 Å². The van der Waals surface area contributed by atoms with Crippen molar-refractivity contribution in [1.29, 1.82) is 0 Å². The normalized spacial score (nSPS) is 10.6. The molecule has 0 fully saturated rings. The molecule has 0 spiro atoms. The third-order valence-electron chi connectivity index (χ3n) is 3.34. The van der Waals surface area contributed by atoms with Gasteiger partial charge in [0.05, 0.1) is 19.8 Å². The number of methoxy groups -OCH3 is 1. The zero-order valence-electron chi connectivity index (χ0n) is 11.9. The number of carbonyl (C=O) groups is 1. The zero-order chi connectivity index (χ0) is 15.5. The van der Waals surface area contributed by atoms with Gasteiger partial charge in [0.15, 0.2) is 0 Å².